The lowest BCUT2D eigenvalue weighted by Crippen LogP contribution is -2.25. The highest BCUT2D eigenvalue weighted by Gasteiger charge is 2.19. The molecule has 0 aliphatic carbocycles. The molecule has 0 saturated heterocycles. The number of hydrogen-bond donors (Lipinski definition) is 1. The number of halogens is 2. The standard InChI is InChI=1S/C16H13BrFNO2/c1-9-4-11(6-12(18)5-9)16(17)10-2-3-14-13(7-10)19-15(20)8-21-14/h2-7,16H,8H2,1H3,(H,19,20). The largest absolute Gasteiger partial charge is 0.482 e. The van der Waals surface area contributed by atoms with Crippen molar-refractivity contribution in [1.29, 1.82) is 0 Å². The normalized spacial score (nSPS) is 14.9. The first kappa shape index (κ1) is 14.1. The van der Waals surface area contributed by atoms with Gasteiger partial charge in [0.05, 0.1) is 10.5 Å². The smallest absolute Gasteiger partial charge is 0.262 e. The van der Waals surface area contributed by atoms with E-state index in [0.29, 0.717) is 11.4 Å². The highest BCUT2D eigenvalue weighted by atomic mass is 79.9. The van der Waals surface area contributed by atoms with E-state index in [1.165, 1.54) is 12.1 Å². The fourth-order valence-corrected chi connectivity index (χ4v) is 2.91. The summed E-state index contributed by atoms with van der Waals surface area (Å²) < 4.78 is 18.9. The molecule has 2 aromatic carbocycles. The molecule has 3 nitrogen and oxygen atoms in total. The van der Waals surface area contributed by atoms with Crippen molar-refractivity contribution in [2.75, 3.05) is 11.9 Å². The van der Waals surface area contributed by atoms with Crippen molar-refractivity contribution in [3.8, 4) is 5.75 Å². The van der Waals surface area contributed by atoms with E-state index in [0.717, 1.165) is 16.7 Å². The maximum absolute atomic E-state index is 13.5. The Kier molecular flexibility index (Phi) is 3.68. The minimum atomic E-state index is -0.260. The van der Waals surface area contributed by atoms with E-state index in [9.17, 15) is 9.18 Å². The van der Waals surface area contributed by atoms with Gasteiger partial charge in [-0.25, -0.2) is 4.39 Å². The second kappa shape index (κ2) is 5.48. The van der Waals surface area contributed by atoms with Crippen LogP contribution >= 0.6 is 15.9 Å². The Balaban J connectivity index is 1.96. The van der Waals surface area contributed by atoms with Crippen molar-refractivity contribution in [3.63, 3.8) is 0 Å². The SMILES string of the molecule is Cc1cc(F)cc(C(Br)c2ccc3c(c2)NC(=O)CO3)c1. The lowest BCUT2D eigenvalue weighted by molar-refractivity contribution is -0.118. The van der Waals surface area contributed by atoms with Gasteiger partial charge in [0.1, 0.15) is 11.6 Å². The van der Waals surface area contributed by atoms with Crippen molar-refractivity contribution in [2.24, 2.45) is 0 Å². The molecule has 1 atom stereocenters. The summed E-state index contributed by atoms with van der Waals surface area (Å²) in [6.45, 7) is 1.89. The molecule has 5 heteroatoms. The summed E-state index contributed by atoms with van der Waals surface area (Å²) in [5.41, 5.74) is 3.26. The molecular weight excluding hydrogens is 337 g/mol. The van der Waals surface area contributed by atoms with E-state index in [1.54, 1.807) is 0 Å². The molecule has 0 radical (unpaired) electrons. The summed E-state index contributed by atoms with van der Waals surface area (Å²) in [6.07, 6.45) is 0. The van der Waals surface area contributed by atoms with E-state index in [4.69, 9.17) is 4.74 Å². The quantitative estimate of drug-likeness (QED) is 0.833. The number of anilines is 1. The lowest BCUT2D eigenvalue weighted by Gasteiger charge is -2.20. The number of carbonyl (C=O) groups is 1. The maximum atomic E-state index is 13.5. The Labute approximate surface area is 130 Å². The third kappa shape index (κ3) is 2.93. The first-order chi connectivity index (χ1) is 10.0. The summed E-state index contributed by atoms with van der Waals surface area (Å²) in [4.78, 5) is 11.2. The summed E-state index contributed by atoms with van der Waals surface area (Å²) >= 11 is 3.59. The van der Waals surface area contributed by atoms with Gasteiger partial charge < -0.3 is 10.1 Å². The molecule has 0 aromatic heterocycles. The van der Waals surface area contributed by atoms with Gasteiger partial charge in [-0.1, -0.05) is 28.1 Å². The van der Waals surface area contributed by atoms with Crippen molar-refractivity contribution >= 4 is 27.5 Å². The number of aryl methyl sites for hydroxylation is 1. The van der Waals surface area contributed by atoms with Gasteiger partial charge in [-0.15, -0.1) is 0 Å². The molecule has 1 aliphatic rings. The van der Waals surface area contributed by atoms with Crippen LogP contribution in [0, 0.1) is 12.7 Å². The number of ether oxygens (including phenoxy) is 1. The number of fused-ring (bicyclic) bond motifs is 1. The van der Waals surface area contributed by atoms with Crippen LogP contribution < -0.4 is 10.1 Å². The predicted octanol–water partition coefficient (Wildman–Crippen LogP) is 3.95. The average molecular weight is 350 g/mol. The summed E-state index contributed by atoms with van der Waals surface area (Å²) in [5, 5.41) is 2.77. The van der Waals surface area contributed by atoms with E-state index < -0.39 is 0 Å². The number of hydrogen-bond acceptors (Lipinski definition) is 2. The zero-order chi connectivity index (χ0) is 15.0. The number of carbonyl (C=O) groups excluding carboxylic acids is 1. The molecule has 0 fully saturated rings. The van der Waals surface area contributed by atoms with Crippen LogP contribution in [0.3, 0.4) is 0 Å². The van der Waals surface area contributed by atoms with Gasteiger partial charge >= 0.3 is 0 Å². The van der Waals surface area contributed by atoms with Gasteiger partial charge in [-0.3, -0.25) is 4.79 Å². The van der Waals surface area contributed by atoms with Crippen LogP contribution in [0.2, 0.25) is 0 Å². The van der Waals surface area contributed by atoms with Crippen molar-refractivity contribution in [2.45, 2.75) is 11.8 Å². The van der Waals surface area contributed by atoms with E-state index in [2.05, 4.69) is 21.2 Å². The Morgan fingerprint density at radius 2 is 2.05 bits per heavy atom. The van der Waals surface area contributed by atoms with Crippen LogP contribution in [-0.2, 0) is 4.79 Å². The van der Waals surface area contributed by atoms with Gasteiger partial charge in [-0.05, 0) is 47.9 Å². The third-order valence-electron chi connectivity index (χ3n) is 3.29. The van der Waals surface area contributed by atoms with Gasteiger partial charge in [0.15, 0.2) is 6.61 Å². The Bertz CT molecular complexity index is 697. The fraction of sp³-hybridized carbons (Fsp3) is 0.188. The Morgan fingerprint density at radius 3 is 2.81 bits per heavy atom. The van der Waals surface area contributed by atoms with Crippen LogP contribution in [0.4, 0.5) is 10.1 Å². The molecule has 0 saturated carbocycles. The van der Waals surface area contributed by atoms with Crippen molar-refractivity contribution in [1.82, 2.24) is 0 Å². The molecule has 3 rings (SSSR count). The topological polar surface area (TPSA) is 38.3 Å². The average Bonchev–Trinajstić information content (AvgIpc) is 2.44. The van der Waals surface area contributed by atoms with Crippen LogP contribution in [0.5, 0.6) is 5.75 Å². The molecule has 108 valence electrons. The molecule has 0 spiro atoms. The summed E-state index contributed by atoms with van der Waals surface area (Å²) in [7, 11) is 0. The van der Waals surface area contributed by atoms with E-state index >= 15 is 0 Å². The molecule has 21 heavy (non-hydrogen) atoms. The molecule has 1 heterocycles. The fourth-order valence-electron chi connectivity index (χ4n) is 2.36. The minimum absolute atomic E-state index is 0.0349. The van der Waals surface area contributed by atoms with Crippen molar-refractivity contribution < 1.29 is 13.9 Å². The Morgan fingerprint density at radius 1 is 1.24 bits per heavy atom. The van der Waals surface area contributed by atoms with Gasteiger partial charge in [0.2, 0.25) is 0 Å². The molecule has 1 N–H and O–H groups in total. The van der Waals surface area contributed by atoms with E-state index in [1.807, 2.05) is 31.2 Å². The van der Waals surface area contributed by atoms with E-state index in [-0.39, 0.29) is 23.2 Å². The highest BCUT2D eigenvalue weighted by molar-refractivity contribution is 9.09. The molecule has 0 bridgehead atoms. The van der Waals surface area contributed by atoms with Crippen LogP contribution in [-0.4, -0.2) is 12.5 Å². The van der Waals surface area contributed by atoms with Crippen LogP contribution in [0.1, 0.15) is 21.5 Å². The molecule has 1 amide bonds. The zero-order valence-electron chi connectivity index (χ0n) is 11.3. The Hall–Kier alpha value is -1.88. The van der Waals surface area contributed by atoms with Gasteiger partial charge in [-0.2, -0.15) is 0 Å². The number of alkyl halides is 1. The molecular formula is C16H13BrFNO2. The van der Waals surface area contributed by atoms with Gasteiger partial charge in [0, 0.05) is 0 Å². The predicted molar refractivity (Wildman–Crippen MR) is 82.5 cm³/mol. The zero-order valence-corrected chi connectivity index (χ0v) is 12.9. The highest BCUT2D eigenvalue weighted by Crippen LogP contribution is 2.36. The third-order valence-corrected chi connectivity index (χ3v) is 4.34. The number of rotatable bonds is 2. The second-order valence-electron chi connectivity index (χ2n) is 5.02. The number of nitrogens with one attached hydrogen (secondary N) is 1. The molecule has 1 aliphatic heterocycles. The van der Waals surface area contributed by atoms with Crippen LogP contribution in [0.25, 0.3) is 0 Å². The lowest BCUT2D eigenvalue weighted by atomic mass is 10.0. The number of benzene rings is 2. The monoisotopic (exact) mass is 349 g/mol. The van der Waals surface area contributed by atoms with Crippen LogP contribution in [0.15, 0.2) is 36.4 Å². The van der Waals surface area contributed by atoms with Crippen molar-refractivity contribution in [3.05, 3.63) is 58.9 Å². The maximum Gasteiger partial charge on any atom is 0.262 e. The number of amides is 1. The second-order valence-corrected chi connectivity index (χ2v) is 5.93. The summed E-state index contributed by atoms with van der Waals surface area (Å²) in [5.74, 6) is 0.213. The van der Waals surface area contributed by atoms with Gasteiger partial charge in [0.25, 0.3) is 5.91 Å². The first-order valence-electron chi connectivity index (χ1n) is 6.51. The first-order valence-corrected chi connectivity index (χ1v) is 7.42. The molecule has 1 unspecified atom stereocenters. The summed E-state index contributed by atoms with van der Waals surface area (Å²) in [6, 6.07) is 10.5. The minimum Gasteiger partial charge on any atom is -0.482 e. The molecule has 2 aromatic rings.